The summed E-state index contributed by atoms with van der Waals surface area (Å²) in [4.78, 5) is 14.5. The predicted octanol–water partition coefficient (Wildman–Crippen LogP) is 1.35. The first-order valence-electron chi connectivity index (χ1n) is 5.24. The zero-order valence-electron chi connectivity index (χ0n) is 9.18. The average Bonchev–Trinajstić information content (AvgIpc) is 2.27. The SMILES string of the molecule is CCCC(O)CNc1ccc(C(=O)O)cn1. The first-order valence-corrected chi connectivity index (χ1v) is 5.24. The number of anilines is 1. The van der Waals surface area contributed by atoms with Crippen molar-refractivity contribution in [2.24, 2.45) is 0 Å². The number of nitrogens with zero attached hydrogens (tertiary/aromatic N) is 1. The maximum absolute atomic E-state index is 10.6. The number of rotatable bonds is 6. The molecule has 1 rings (SSSR count). The van der Waals surface area contributed by atoms with Crippen molar-refractivity contribution in [3.8, 4) is 0 Å². The monoisotopic (exact) mass is 224 g/mol. The van der Waals surface area contributed by atoms with Gasteiger partial charge in [-0.2, -0.15) is 0 Å². The van der Waals surface area contributed by atoms with Gasteiger partial charge >= 0.3 is 5.97 Å². The molecule has 0 saturated heterocycles. The number of aliphatic hydroxyl groups is 1. The molecule has 0 aromatic carbocycles. The minimum Gasteiger partial charge on any atom is -0.478 e. The van der Waals surface area contributed by atoms with Crippen molar-refractivity contribution in [1.82, 2.24) is 4.98 Å². The van der Waals surface area contributed by atoms with Crippen molar-refractivity contribution in [1.29, 1.82) is 0 Å². The average molecular weight is 224 g/mol. The molecule has 1 unspecified atom stereocenters. The van der Waals surface area contributed by atoms with E-state index in [0.717, 1.165) is 12.8 Å². The van der Waals surface area contributed by atoms with Crippen LogP contribution in [0.5, 0.6) is 0 Å². The molecule has 0 aliphatic heterocycles. The standard InChI is InChI=1S/C11H16N2O3/c1-2-3-9(14)7-13-10-5-4-8(6-12-10)11(15)16/h4-6,9,14H,2-3,7H2,1H3,(H,12,13)(H,15,16). The van der Waals surface area contributed by atoms with E-state index in [0.29, 0.717) is 12.4 Å². The lowest BCUT2D eigenvalue weighted by Crippen LogP contribution is -2.19. The van der Waals surface area contributed by atoms with Crippen molar-refractivity contribution < 1.29 is 15.0 Å². The summed E-state index contributed by atoms with van der Waals surface area (Å²) in [6, 6.07) is 3.06. The summed E-state index contributed by atoms with van der Waals surface area (Å²) < 4.78 is 0. The summed E-state index contributed by atoms with van der Waals surface area (Å²) in [6.07, 6.45) is 2.55. The highest BCUT2D eigenvalue weighted by molar-refractivity contribution is 5.87. The Morgan fingerprint density at radius 2 is 2.31 bits per heavy atom. The Kier molecular flexibility index (Phi) is 4.72. The van der Waals surface area contributed by atoms with Crippen LogP contribution in [-0.4, -0.2) is 33.8 Å². The van der Waals surface area contributed by atoms with Gasteiger partial charge in [-0.15, -0.1) is 0 Å². The number of nitrogens with one attached hydrogen (secondary N) is 1. The molecule has 1 atom stereocenters. The molecule has 0 bridgehead atoms. The number of carbonyl (C=O) groups is 1. The van der Waals surface area contributed by atoms with E-state index in [1.165, 1.54) is 12.3 Å². The van der Waals surface area contributed by atoms with Gasteiger partial charge in [-0.25, -0.2) is 9.78 Å². The molecule has 0 spiro atoms. The van der Waals surface area contributed by atoms with E-state index in [9.17, 15) is 9.90 Å². The summed E-state index contributed by atoms with van der Waals surface area (Å²) >= 11 is 0. The minimum absolute atomic E-state index is 0.152. The number of pyridine rings is 1. The van der Waals surface area contributed by atoms with E-state index in [2.05, 4.69) is 10.3 Å². The van der Waals surface area contributed by atoms with Crippen LogP contribution in [0.15, 0.2) is 18.3 Å². The van der Waals surface area contributed by atoms with Gasteiger partial charge in [-0.1, -0.05) is 13.3 Å². The molecule has 0 aliphatic carbocycles. The third-order valence-electron chi connectivity index (χ3n) is 2.15. The summed E-state index contributed by atoms with van der Waals surface area (Å²) in [5, 5.41) is 21.1. The fraction of sp³-hybridized carbons (Fsp3) is 0.455. The molecular weight excluding hydrogens is 208 g/mol. The van der Waals surface area contributed by atoms with Gasteiger partial charge in [0.2, 0.25) is 0 Å². The van der Waals surface area contributed by atoms with Gasteiger partial charge in [0.1, 0.15) is 5.82 Å². The predicted molar refractivity (Wildman–Crippen MR) is 60.6 cm³/mol. The minimum atomic E-state index is -0.995. The smallest absolute Gasteiger partial charge is 0.337 e. The third-order valence-corrected chi connectivity index (χ3v) is 2.15. The van der Waals surface area contributed by atoms with Crippen LogP contribution in [-0.2, 0) is 0 Å². The summed E-state index contributed by atoms with van der Waals surface area (Å²) in [5.41, 5.74) is 0.152. The molecule has 0 saturated carbocycles. The van der Waals surface area contributed by atoms with E-state index in [1.807, 2.05) is 6.92 Å². The lowest BCUT2D eigenvalue weighted by Gasteiger charge is -2.10. The van der Waals surface area contributed by atoms with Gasteiger partial charge < -0.3 is 15.5 Å². The van der Waals surface area contributed by atoms with Crippen molar-refractivity contribution in [2.45, 2.75) is 25.9 Å². The van der Waals surface area contributed by atoms with Gasteiger partial charge in [-0.3, -0.25) is 0 Å². The lowest BCUT2D eigenvalue weighted by molar-refractivity contribution is 0.0696. The molecule has 5 nitrogen and oxygen atoms in total. The molecule has 3 N–H and O–H groups in total. The molecule has 1 heterocycles. The number of aromatic nitrogens is 1. The van der Waals surface area contributed by atoms with Gasteiger partial charge in [0.05, 0.1) is 11.7 Å². The summed E-state index contributed by atoms with van der Waals surface area (Å²) in [7, 11) is 0. The van der Waals surface area contributed by atoms with Crippen LogP contribution in [0.25, 0.3) is 0 Å². The number of aliphatic hydroxyl groups excluding tert-OH is 1. The van der Waals surface area contributed by atoms with Crippen LogP contribution in [0, 0.1) is 0 Å². The third kappa shape index (κ3) is 3.86. The van der Waals surface area contributed by atoms with Gasteiger partial charge in [0, 0.05) is 12.7 Å². The van der Waals surface area contributed by atoms with Gasteiger partial charge in [-0.05, 0) is 18.6 Å². The number of aromatic carboxylic acids is 1. The number of hydrogen-bond donors (Lipinski definition) is 3. The quantitative estimate of drug-likeness (QED) is 0.679. The Balaban J connectivity index is 2.46. The lowest BCUT2D eigenvalue weighted by atomic mass is 10.2. The molecule has 0 fully saturated rings. The zero-order chi connectivity index (χ0) is 12.0. The number of hydrogen-bond acceptors (Lipinski definition) is 4. The topological polar surface area (TPSA) is 82.5 Å². The largest absolute Gasteiger partial charge is 0.478 e. The second-order valence-electron chi connectivity index (χ2n) is 3.56. The molecule has 0 amide bonds. The Morgan fingerprint density at radius 3 is 2.81 bits per heavy atom. The molecule has 0 radical (unpaired) electrons. The Hall–Kier alpha value is -1.62. The fourth-order valence-corrected chi connectivity index (χ4v) is 1.28. The maximum atomic E-state index is 10.6. The van der Waals surface area contributed by atoms with Crippen LogP contribution in [0.4, 0.5) is 5.82 Å². The van der Waals surface area contributed by atoms with Gasteiger partial charge in [0.25, 0.3) is 0 Å². The Bertz CT molecular complexity index is 338. The van der Waals surface area contributed by atoms with Crippen LogP contribution in [0.2, 0.25) is 0 Å². The fourth-order valence-electron chi connectivity index (χ4n) is 1.28. The van der Waals surface area contributed by atoms with Crippen LogP contribution >= 0.6 is 0 Å². The van der Waals surface area contributed by atoms with E-state index in [1.54, 1.807) is 6.07 Å². The van der Waals surface area contributed by atoms with Gasteiger partial charge in [0.15, 0.2) is 0 Å². The normalized spacial score (nSPS) is 12.1. The van der Waals surface area contributed by atoms with Crippen LogP contribution < -0.4 is 5.32 Å². The van der Waals surface area contributed by atoms with Crippen molar-refractivity contribution in [2.75, 3.05) is 11.9 Å². The molecule has 1 aromatic rings. The van der Waals surface area contributed by atoms with E-state index >= 15 is 0 Å². The highest BCUT2D eigenvalue weighted by Gasteiger charge is 2.04. The van der Waals surface area contributed by atoms with Crippen molar-refractivity contribution in [3.05, 3.63) is 23.9 Å². The Labute approximate surface area is 94.1 Å². The Morgan fingerprint density at radius 1 is 1.56 bits per heavy atom. The summed E-state index contributed by atoms with van der Waals surface area (Å²) in [5.74, 6) is -0.426. The number of carboxylic acids is 1. The molecule has 1 aromatic heterocycles. The molecule has 5 heteroatoms. The van der Waals surface area contributed by atoms with E-state index in [4.69, 9.17) is 5.11 Å². The first kappa shape index (κ1) is 12.4. The van der Waals surface area contributed by atoms with E-state index < -0.39 is 12.1 Å². The summed E-state index contributed by atoms with van der Waals surface area (Å²) in [6.45, 7) is 2.43. The van der Waals surface area contributed by atoms with Crippen LogP contribution in [0.3, 0.4) is 0 Å². The highest BCUT2D eigenvalue weighted by atomic mass is 16.4. The second-order valence-corrected chi connectivity index (χ2v) is 3.56. The van der Waals surface area contributed by atoms with Crippen LogP contribution in [0.1, 0.15) is 30.1 Å². The highest BCUT2D eigenvalue weighted by Crippen LogP contribution is 2.06. The zero-order valence-corrected chi connectivity index (χ0v) is 9.18. The molecule has 16 heavy (non-hydrogen) atoms. The first-order chi connectivity index (χ1) is 7.63. The van der Waals surface area contributed by atoms with Crippen molar-refractivity contribution >= 4 is 11.8 Å². The second kappa shape index (κ2) is 6.07. The number of carboxylic acid groups (broad SMARTS) is 1. The molecule has 88 valence electrons. The van der Waals surface area contributed by atoms with E-state index in [-0.39, 0.29) is 5.56 Å². The maximum Gasteiger partial charge on any atom is 0.337 e. The molecule has 0 aliphatic rings. The molecular formula is C11H16N2O3. The van der Waals surface area contributed by atoms with Crippen molar-refractivity contribution in [3.63, 3.8) is 0 Å².